The van der Waals surface area contributed by atoms with E-state index in [1.54, 1.807) is 43.5 Å². The van der Waals surface area contributed by atoms with Crippen LogP contribution in [0.4, 0.5) is 5.69 Å². The molecule has 1 unspecified atom stereocenters. The Hall–Kier alpha value is -3.25. The molecule has 2 aromatic carbocycles. The molecule has 0 saturated carbocycles. The number of nitrogens with zero attached hydrogens (tertiary/aromatic N) is 3. The SMILES string of the molecule is CCNC(=O)C1CN(S(=O)(=O)c2cc3ccc(Cl)cc3s2)CC(=O)N1Cc1ccc2c(N)ccnc2c1. The molecule has 0 radical (unpaired) electrons. The number of pyridine rings is 1. The van der Waals surface area contributed by atoms with Gasteiger partial charge >= 0.3 is 0 Å². The Balaban J connectivity index is 1.45. The first kappa shape index (κ1) is 25.4. The van der Waals surface area contributed by atoms with Crippen LogP contribution in [-0.4, -0.2) is 60.1 Å². The molecule has 2 amide bonds. The maximum absolute atomic E-state index is 13.5. The van der Waals surface area contributed by atoms with E-state index < -0.39 is 27.9 Å². The molecule has 3 N–H and O–H groups in total. The molecule has 1 fully saturated rings. The fraction of sp³-hybridized carbons (Fsp3) is 0.240. The number of halogens is 1. The van der Waals surface area contributed by atoms with Gasteiger partial charge < -0.3 is 16.0 Å². The number of rotatable bonds is 6. The second-order valence-electron chi connectivity index (χ2n) is 8.73. The van der Waals surface area contributed by atoms with E-state index in [4.69, 9.17) is 17.3 Å². The van der Waals surface area contributed by atoms with Gasteiger partial charge in [-0.1, -0.05) is 29.8 Å². The summed E-state index contributed by atoms with van der Waals surface area (Å²) in [7, 11) is -4.02. The molecule has 1 saturated heterocycles. The highest BCUT2D eigenvalue weighted by Crippen LogP contribution is 2.34. The van der Waals surface area contributed by atoms with Crippen LogP contribution in [0.1, 0.15) is 12.5 Å². The number of sulfonamides is 1. The molecule has 3 heterocycles. The van der Waals surface area contributed by atoms with Gasteiger partial charge in [0.1, 0.15) is 10.3 Å². The van der Waals surface area contributed by atoms with Crippen molar-refractivity contribution in [2.75, 3.05) is 25.4 Å². The molecule has 9 nitrogen and oxygen atoms in total. The Labute approximate surface area is 222 Å². The van der Waals surface area contributed by atoms with E-state index in [1.165, 1.54) is 4.90 Å². The summed E-state index contributed by atoms with van der Waals surface area (Å²) in [6, 6.07) is 12.9. The van der Waals surface area contributed by atoms with E-state index >= 15 is 0 Å². The number of anilines is 1. The summed E-state index contributed by atoms with van der Waals surface area (Å²) in [6.07, 6.45) is 1.61. The second kappa shape index (κ2) is 9.90. The number of fused-ring (bicyclic) bond motifs is 2. The van der Waals surface area contributed by atoms with Gasteiger partial charge in [0.2, 0.25) is 11.8 Å². The van der Waals surface area contributed by atoms with Gasteiger partial charge in [0.25, 0.3) is 10.0 Å². The smallest absolute Gasteiger partial charge is 0.253 e. The highest BCUT2D eigenvalue weighted by atomic mass is 35.5. The number of nitrogens with two attached hydrogens (primary N) is 1. The van der Waals surface area contributed by atoms with Crippen molar-refractivity contribution in [2.45, 2.75) is 23.7 Å². The molecule has 2 aromatic heterocycles. The normalized spacial score (nSPS) is 17.0. The van der Waals surface area contributed by atoms with Crippen molar-refractivity contribution < 1.29 is 18.0 Å². The maximum Gasteiger partial charge on any atom is 0.253 e. The average molecular weight is 558 g/mol. The van der Waals surface area contributed by atoms with Gasteiger partial charge in [-0.2, -0.15) is 4.31 Å². The van der Waals surface area contributed by atoms with Gasteiger partial charge in [-0.05, 0) is 48.2 Å². The Bertz CT molecular complexity index is 1640. The first-order chi connectivity index (χ1) is 17.7. The summed E-state index contributed by atoms with van der Waals surface area (Å²) in [6.45, 7) is 1.71. The maximum atomic E-state index is 13.5. The predicted molar refractivity (Wildman–Crippen MR) is 145 cm³/mol. The first-order valence-electron chi connectivity index (χ1n) is 11.6. The Morgan fingerprint density at radius 2 is 2.03 bits per heavy atom. The molecule has 4 aromatic rings. The quantitative estimate of drug-likeness (QED) is 0.375. The number of amides is 2. The van der Waals surface area contributed by atoms with Crippen LogP contribution < -0.4 is 11.1 Å². The number of likely N-dealkylation sites (N-methyl/N-ethyl adjacent to an activating group) is 1. The number of piperazine rings is 1. The lowest BCUT2D eigenvalue weighted by atomic mass is 10.1. The lowest BCUT2D eigenvalue weighted by Crippen LogP contribution is -2.61. The minimum absolute atomic E-state index is 0.0962. The number of nitrogens with one attached hydrogen (secondary N) is 1. The number of carbonyl (C=O) groups excluding carboxylic acids is 2. The monoisotopic (exact) mass is 557 g/mol. The van der Waals surface area contributed by atoms with E-state index in [1.807, 2.05) is 18.2 Å². The lowest BCUT2D eigenvalue weighted by molar-refractivity contribution is -0.145. The van der Waals surface area contributed by atoms with Crippen molar-refractivity contribution in [1.82, 2.24) is 19.5 Å². The number of nitrogen functional groups attached to an aromatic ring is 1. The average Bonchev–Trinajstić information content (AvgIpc) is 3.29. The zero-order valence-corrected chi connectivity index (χ0v) is 22.2. The summed E-state index contributed by atoms with van der Waals surface area (Å²) in [4.78, 5) is 32.1. The second-order valence-corrected chi connectivity index (χ2v) is 12.4. The van der Waals surface area contributed by atoms with Gasteiger partial charge in [0.15, 0.2) is 0 Å². The molecule has 5 rings (SSSR count). The topological polar surface area (TPSA) is 126 Å². The van der Waals surface area contributed by atoms with Crippen molar-refractivity contribution >= 4 is 71.5 Å². The molecule has 1 aliphatic heterocycles. The third-order valence-electron chi connectivity index (χ3n) is 6.29. The minimum atomic E-state index is -4.02. The van der Waals surface area contributed by atoms with E-state index in [2.05, 4.69) is 10.3 Å². The van der Waals surface area contributed by atoms with Crippen LogP contribution in [0.3, 0.4) is 0 Å². The molecule has 0 spiro atoms. The van der Waals surface area contributed by atoms with Crippen LogP contribution in [0.25, 0.3) is 21.0 Å². The van der Waals surface area contributed by atoms with Gasteiger partial charge in [-0.3, -0.25) is 14.6 Å². The summed E-state index contributed by atoms with van der Waals surface area (Å²) >= 11 is 7.14. The van der Waals surface area contributed by atoms with E-state index in [-0.39, 0.29) is 23.8 Å². The van der Waals surface area contributed by atoms with Crippen molar-refractivity contribution in [2.24, 2.45) is 0 Å². The molecule has 1 aliphatic rings. The summed E-state index contributed by atoms with van der Waals surface area (Å²) in [5.41, 5.74) is 8.04. The number of hydrogen-bond acceptors (Lipinski definition) is 7. The number of carbonyl (C=O) groups is 2. The Morgan fingerprint density at radius 1 is 1.22 bits per heavy atom. The summed E-state index contributed by atoms with van der Waals surface area (Å²) in [5, 5.41) is 4.77. The molecular formula is C25H24ClN5O4S2. The van der Waals surface area contributed by atoms with Crippen LogP contribution in [0, 0.1) is 0 Å². The fourth-order valence-electron chi connectivity index (χ4n) is 4.42. The predicted octanol–water partition coefficient (Wildman–Crippen LogP) is 3.22. The van der Waals surface area contributed by atoms with Crippen molar-refractivity contribution in [3.05, 3.63) is 65.3 Å². The number of hydrogen-bond donors (Lipinski definition) is 2. The molecule has 12 heteroatoms. The fourth-order valence-corrected chi connectivity index (χ4v) is 7.64. The largest absolute Gasteiger partial charge is 0.398 e. The number of thiophene rings is 1. The third kappa shape index (κ3) is 4.87. The van der Waals surface area contributed by atoms with Crippen LogP contribution in [0.15, 0.2) is 58.9 Å². The van der Waals surface area contributed by atoms with E-state index in [9.17, 15) is 18.0 Å². The van der Waals surface area contributed by atoms with Crippen LogP contribution in [-0.2, 0) is 26.2 Å². The third-order valence-corrected chi connectivity index (χ3v) is 9.88. The first-order valence-corrected chi connectivity index (χ1v) is 14.2. The zero-order chi connectivity index (χ0) is 26.3. The van der Waals surface area contributed by atoms with Gasteiger partial charge in [0.05, 0.1) is 12.1 Å². The molecule has 0 bridgehead atoms. The Morgan fingerprint density at radius 3 is 2.81 bits per heavy atom. The Kier molecular flexibility index (Phi) is 6.80. The van der Waals surface area contributed by atoms with Crippen molar-refractivity contribution in [3.63, 3.8) is 0 Å². The molecule has 37 heavy (non-hydrogen) atoms. The van der Waals surface area contributed by atoms with Gasteiger partial charge in [-0.25, -0.2) is 8.42 Å². The number of aromatic nitrogens is 1. The van der Waals surface area contributed by atoms with Crippen LogP contribution in [0.2, 0.25) is 5.02 Å². The molecular weight excluding hydrogens is 534 g/mol. The van der Waals surface area contributed by atoms with Gasteiger partial charge in [0, 0.05) is 46.6 Å². The van der Waals surface area contributed by atoms with Crippen molar-refractivity contribution in [3.8, 4) is 0 Å². The highest BCUT2D eigenvalue weighted by molar-refractivity contribution is 7.91. The summed E-state index contributed by atoms with van der Waals surface area (Å²) < 4.78 is 29.0. The highest BCUT2D eigenvalue weighted by Gasteiger charge is 2.42. The summed E-state index contributed by atoms with van der Waals surface area (Å²) in [5.74, 6) is -0.877. The van der Waals surface area contributed by atoms with Crippen molar-refractivity contribution in [1.29, 1.82) is 0 Å². The lowest BCUT2D eigenvalue weighted by Gasteiger charge is -2.39. The van der Waals surface area contributed by atoms with Crippen LogP contribution >= 0.6 is 22.9 Å². The molecule has 1 atom stereocenters. The van der Waals surface area contributed by atoms with E-state index in [0.717, 1.165) is 36.7 Å². The van der Waals surface area contributed by atoms with Crippen LogP contribution in [0.5, 0.6) is 0 Å². The minimum Gasteiger partial charge on any atom is -0.398 e. The zero-order valence-electron chi connectivity index (χ0n) is 19.8. The molecule has 192 valence electrons. The van der Waals surface area contributed by atoms with Gasteiger partial charge in [-0.15, -0.1) is 11.3 Å². The number of benzene rings is 2. The van der Waals surface area contributed by atoms with E-state index in [0.29, 0.717) is 22.8 Å². The molecule has 0 aliphatic carbocycles. The standard InChI is InChI=1S/C25H24ClN5O4S2/c1-2-28-25(33)21-13-30(37(34,35)24-10-16-4-5-17(26)11-22(16)36-24)14-23(32)31(21)12-15-3-6-18-19(27)7-8-29-20(18)9-15/h3-11,21H,2,12-14H2,1H3,(H2,27,29)(H,28,33).